The van der Waals surface area contributed by atoms with Crippen LogP contribution in [-0.2, 0) is 0 Å². The Morgan fingerprint density at radius 2 is 2.10 bits per heavy atom. The molecule has 2 rings (SSSR count). The summed E-state index contributed by atoms with van der Waals surface area (Å²) in [4.78, 5) is 0. The van der Waals surface area contributed by atoms with Gasteiger partial charge < -0.3 is 5.32 Å². The first-order valence-corrected chi connectivity index (χ1v) is 7.31. The van der Waals surface area contributed by atoms with E-state index in [0.29, 0.717) is 0 Å². The molecule has 0 aromatic heterocycles. The van der Waals surface area contributed by atoms with Gasteiger partial charge in [-0.25, -0.2) is 0 Å². The molecule has 0 radical (unpaired) electrons. The molecule has 21 heavy (non-hydrogen) atoms. The summed E-state index contributed by atoms with van der Waals surface area (Å²) >= 11 is 0. The van der Waals surface area contributed by atoms with Crippen LogP contribution in [0.1, 0.15) is 37.9 Å². The Kier molecular flexibility index (Phi) is 4.99. The number of dihydropyridines is 1. The zero-order valence-corrected chi connectivity index (χ0v) is 13.1. The monoisotopic (exact) mass is 277 g/mol. The van der Waals surface area contributed by atoms with Gasteiger partial charge in [-0.2, -0.15) is 0 Å². The Bertz CT molecular complexity index is 642. The van der Waals surface area contributed by atoms with E-state index in [-0.39, 0.29) is 6.04 Å². The minimum absolute atomic E-state index is 0.240. The van der Waals surface area contributed by atoms with Crippen molar-refractivity contribution in [1.82, 2.24) is 5.32 Å². The molecule has 1 aromatic rings. The molecule has 0 aliphatic carbocycles. The third kappa shape index (κ3) is 4.09. The second-order valence-electron chi connectivity index (χ2n) is 5.41. The molecule has 1 heteroatoms. The maximum absolute atomic E-state index is 4.17. The van der Waals surface area contributed by atoms with Crippen LogP contribution in [0.3, 0.4) is 0 Å². The lowest BCUT2D eigenvalue weighted by molar-refractivity contribution is 0.739. The topological polar surface area (TPSA) is 12.0 Å². The standard InChI is InChI=1S/C20H23N/c1-5-15(2)9-10-17(4)18-7-6-8-19(14-18)20-13-16(3)11-12-21-20/h5-14,20-21H,4H2,1-3H3/b10-9-,15-5-. The van der Waals surface area contributed by atoms with Gasteiger partial charge in [0.15, 0.2) is 0 Å². The Labute approximate surface area is 128 Å². The van der Waals surface area contributed by atoms with Crippen LogP contribution in [-0.4, -0.2) is 0 Å². The average molecular weight is 277 g/mol. The molecule has 0 amide bonds. The molecule has 108 valence electrons. The second-order valence-corrected chi connectivity index (χ2v) is 5.41. The third-order valence-electron chi connectivity index (χ3n) is 3.67. The van der Waals surface area contributed by atoms with E-state index in [4.69, 9.17) is 0 Å². The number of hydrogen-bond donors (Lipinski definition) is 1. The van der Waals surface area contributed by atoms with Gasteiger partial charge in [-0.1, -0.05) is 60.2 Å². The molecule has 1 aliphatic rings. The zero-order valence-electron chi connectivity index (χ0n) is 13.1. The SMILES string of the molecule is C=C(/C=C\C(C)=C/C)c1cccc(C2C=C(C)C=CN2)c1. The summed E-state index contributed by atoms with van der Waals surface area (Å²) in [7, 11) is 0. The summed E-state index contributed by atoms with van der Waals surface area (Å²) in [6, 6.07) is 8.80. The van der Waals surface area contributed by atoms with Gasteiger partial charge in [0.2, 0.25) is 0 Å². The van der Waals surface area contributed by atoms with E-state index in [1.165, 1.54) is 16.7 Å². The first kappa shape index (κ1) is 15.1. The number of rotatable bonds is 4. The van der Waals surface area contributed by atoms with Crippen molar-refractivity contribution in [3.05, 3.63) is 89.7 Å². The highest BCUT2D eigenvalue weighted by Gasteiger charge is 2.10. The summed E-state index contributed by atoms with van der Waals surface area (Å²) in [5.41, 5.74) is 5.98. The van der Waals surface area contributed by atoms with Crippen molar-refractivity contribution in [2.24, 2.45) is 0 Å². The molecule has 0 bridgehead atoms. The lowest BCUT2D eigenvalue weighted by Crippen LogP contribution is -2.16. The average Bonchev–Trinajstić information content (AvgIpc) is 2.52. The highest BCUT2D eigenvalue weighted by molar-refractivity contribution is 5.73. The smallest absolute Gasteiger partial charge is 0.0698 e. The maximum Gasteiger partial charge on any atom is 0.0698 e. The van der Waals surface area contributed by atoms with Gasteiger partial charge in [0.25, 0.3) is 0 Å². The minimum atomic E-state index is 0.240. The molecule has 1 aromatic carbocycles. The summed E-state index contributed by atoms with van der Waals surface area (Å²) < 4.78 is 0. The summed E-state index contributed by atoms with van der Waals surface area (Å²) in [5, 5.41) is 3.38. The van der Waals surface area contributed by atoms with Crippen molar-refractivity contribution in [2.75, 3.05) is 0 Å². The summed E-state index contributed by atoms with van der Waals surface area (Å²) in [6.45, 7) is 10.4. The van der Waals surface area contributed by atoms with Crippen molar-refractivity contribution < 1.29 is 0 Å². The van der Waals surface area contributed by atoms with E-state index >= 15 is 0 Å². The van der Waals surface area contributed by atoms with E-state index in [1.54, 1.807) is 0 Å². The normalized spacial score (nSPS) is 18.5. The third-order valence-corrected chi connectivity index (χ3v) is 3.67. The molecule has 1 unspecified atom stereocenters. The number of hydrogen-bond acceptors (Lipinski definition) is 1. The fourth-order valence-corrected chi connectivity index (χ4v) is 2.20. The van der Waals surface area contributed by atoms with Crippen molar-refractivity contribution in [1.29, 1.82) is 0 Å². The van der Waals surface area contributed by atoms with E-state index in [0.717, 1.165) is 11.1 Å². The molecule has 0 fully saturated rings. The number of nitrogens with one attached hydrogen (secondary N) is 1. The van der Waals surface area contributed by atoms with Crippen LogP contribution in [0.5, 0.6) is 0 Å². The largest absolute Gasteiger partial charge is 0.381 e. The lowest BCUT2D eigenvalue weighted by Gasteiger charge is -2.19. The highest BCUT2D eigenvalue weighted by Crippen LogP contribution is 2.23. The van der Waals surface area contributed by atoms with Crippen molar-refractivity contribution in [2.45, 2.75) is 26.8 Å². The number of benzene rings is 1. The Balaban J connectivity index is 2.20. The van der Waals surface area contributed by atoms with Crippen molar-refractivity contribution in [3.8, 4) is 0 Å². The predicted octanol–water partition coefficient (Wildman–Crippen LogP) is 5.33. The fourth-order valence-electron chi connectivity index (χ4n) is 2.20. The van der Waals surface area contributed by atoms with Gasteiger partial charge in [-0.05, 0) is 55.8 Å². The van der Waals surface area contributed by atoms with Gasteiger partial charge in [0.05, 0.1) is 6.04 Å². The van der Waals surface area contributed by atoms with Crippen LogP contribution >= 0.6 is 0 Å². The maximum atomic E-state index is 4.17. The molecule has 1 aliphatic heterocycles. The first-order valence-electron chi connectivity index (χ1n) is 7.31. The molecule has 1 atom stereocenters. The Morgan fingerprint density at radius 1 is 1.29 bits per heavy atom. The summed E-state index contributed by atoms with van der Waals surface area (Å²) in [5.74, 6) is 0. The predicted molar refractivity (Wildman–Crippen MR) is 92.8 cm³/mol. The molecule has 0 spiro atoms. The molecule has 1 heterocycles. The first-order chi connectivity index (χ1) is 10.1. The van der Waals surface area contributed by atoms with Crippen molar-refractivity contribution in [3.63, 3.8) is 0 Å². The van der Waals surface area contributed by atoms with Crippen LogP contribution in [0.4, 0.5) is 0 Å². The van der Waals surface area contributed by atoms with Gasteiger partial charge in [0.1, 0.15) is 0 Å². The molecule has 0 saturated heterocycles. The molecule has 1 nitrogen and oxygen atoms in total. The zero-order chi connectivity index (χ0) is 15.2. The summed E-state index contributed by atoms with van der Waals surface area (Å²) in [6.07, 6.45) is 12.6. The fraction of sp³-hybridized carbons (Fsp3) is 0.200. The molecule has 1 N–H and O–H groups in total. The van der Waals surface area contributed by atoms with Gasteiger partial charge in [-0.3, -0.25) is 0 Å². The van der Waals surface area contributed by atoms with Crippen LogP contribution in [0.25, 0.3) is 5.57 Å². The number of allylic oxidation sites excluding steroid dienone is 7. The molecular weight excluding hydrogens is 254 g/mol. The second kappa shape index (κ2) is 6.94. The van der Waals surface area contributed by atoms with Gasteiger partial charge in [0, 0.05) is 0 Å². The lowest BCUT2D eigenvalue weighted by atomic mass is 9.97. The van der Waals surface area contributed by atoms with Crippen molar-refractivity contribution >= 4 is 5.57 Å². The Hall–Kier alpha value is -2.28. The molecular formula is C20H23N. The highest BCUT2D eigenvalue weighted by atomic mass is 14.9. The van der Waals surface area contributed by atoms with Crippen LogP contribution in [0.15, 0.2) is 78.6 Å². The van der Waals surface area contributed by atoms with Crippen LogP contribution < -0.4 is 5.32 Å². The van der Waals surface area contributed by atoms with Crippen LogP contribution in [0, 0.1) is 0 Å². The Morgan fingerprint density at radius 3 is 2.81 bits per heavy atom. The van der Waals surface area contributed by atoms with Gasteiger partial charge in [-0.15, -0.1) is 0 Å². The van der Waals surface area contributed by atoms with Crippen LogP contribution in [0.2, 0.25) is 0 Å². The minimum Gasteiger partial charge on any atom is -0.381 e. The van der Waals surface area contributed by atoms with E-state index in [9.17, 15) is 0 Å². The van der Waals surface area contributed by atoms with E-state index < -0.39 is 0 Å². The molecule has 0 saturated carbocycles. The quantitative estimate of drug-likeness (QED) is 0.734. The van der Waals surface area contributed by atoms with E-state index in [1.807, 2.05) is 13.1 Å². The van der Waals surface area contributed by atoms with E-state index in [2.05, 4.69) is 80.4 Å². The van der Waals surface area contributed by atoms with Gasteiger partial charge >= 0.3 is 0 Å².